The lowest BCUT2D eigenvalue weighted by molar-refractivity contribution is -0.116. The van der Waals surface area contributed by atoms with Crippen molar-refractivity contribution in [3.63, 3.8) is 0 Å². The predicted molar refractivity (Wildman–Crippen MR) is 85.3 cm³/mol. The Hall–Kier alpha value is -2.95. The molecule has 1 aromatic carbocycles. The van der Waals surface area contributed by atoms with Crippen LogP contribution < -0.4 is 5.32 Å². The van der Waals surface area contributed by atoms with Gasteiger partial charge in [0.05, 0.1) is 6.20 Å². The minimum atomic E-state index is -0.152. The van der Waals surface area contributed by atoms with Crippen LogP contribution in [-0.4, -0.2) is 20.7 Å². The first-order valence-electron chi connectivity index (χ1n) is 7.02. The Morgan fingerprint density at radius 1 is 1.09 bits per heavy atom. The number of hydrogen-bond donors (Lipinski definition) is 1. The molecule has 2 aromatic heterocycles. The van der Waals surface area contributed by atoms with Gasteiger partial charge in [0.15, 0.2) is 0 Å². The molecule has 22 heavy (non-hydrogen) atoms. The second-order valence-electron chi connectivity index (χ2n) is 5.01. The van der Waals surface area contributed by atoms with Gasteiger partial charge >= 0.3 is 0 Å². The molecule has 5 nitrogen and oxygen atoms in total. The van der Waals surface area contributed by atoms with Gasteiger partial charge in [0.25, 0.3) is 0 Å². The van der Waals surface area contributed by atoms with Crippen molar-refractivity contribution in [2.24, 2.45) is 0 Å². The van der Waals surface area contributed by atoms with E-state index in [0.717, 1.165) is 16.8 Å². The Labute approximate surface area is 128 Å². The Balaban J connectivity index is 1.66. The average molecular weight is 292 g/mol. The van der Waals surface area contributed by atoms with E-state index in [0.29, 0.717) is 5.82 Å². The molecule has 1 amide bonds. The molecule has 0 bridgehead atoms. The molecular weight excluding hydrogens is 276 g/mol. The fraction of sp³-hybridized carbons (Fsp3) is 0.118. The summed E-state index contributed by atoms with van der Waals surface area (Å²) in [7, 11) is 0. The Kier molecular flexibility index (Phi) is 3.96. The summed E-state index contributed by atoms with van der Waals surface area (Å²) < 4.78 is 1.62. The van der Waals surface area contributed by atoms with E-state index >= 15 is 0 Å². The number of carbonyl (C=O) groups is 1. The van der Waals surface area contributed by atoms with Crippen LogP contribution in [0.5, 0.6) is 0 Å². The summed E-state index contributed by atoms with van der Waals surface area (Å²) in [5, 5.41) is 7.00. The summed E-state index contributed by atoms with van der Waals surface area (Å²) in [5.74, 6) is 0.404. The quantitative estimate of drug-likeness (QED) is 0.804. The lowest BCUT2D eigenvalue weighted by Crippen LogP contribution is -2.19. The summed E-state index contributed by atoms with van der Waals surface area (Å²) in [5.41, 5.74) is 2.93. The number of hydrogen-bond acceptors (Lipinski definition) is 3. The van der Waals surface area contributed by atoms with Crippen LogP contribution in [-0.2, 0) is 11.3 Å². The predicted octanol–water partition coefficient (Wildman–Crippen LogP) is 2.89. The number of rotatable bonds is 4. The van der Waals surface area contributed by atoms with Crippen LogP contribution in [0.3, 0.4) is 0 Å². The van der Waals surface area contributed by atoms with E-state index < -0.39 is 0 Å². The highest BCUT2D eigenvalue weighted by atomic mass is 16.2. The minimum absolute atomic E-state index is 0.152. The number of benzene rings is 1. The zero-order valence-electron chi connectivity index (χ0n) is 12.2. The highest BCUT2D eigenvalue weighted by Gasteiger charge is 2.07. The van der Waals surface area contributed by atoms with Gasteiger partial charge in [-0.05, 0) is 24.6 Å². The van der Waals surface area contributed by atoms with Crippen molar-refractivity contribution in [3.8, 4) is 11.1 Å². The molecule has 0 atom stereocenters. The number of anilines is 1. The third-order valence-electron chi connectivity index (χ3n) is 3.20. The lowest BCUT2D eigenvalue weighted by atomic mass is 10.1. The molecule has 1 N–H and O–H groups in total. The first-order chi connectivity index (χ1) is 10.7. The SMILES string of the molecule is Cc1cccc(NC(=O)Cn2cc(-c3ccccc3)cn2)n1. The molecule has 110 valence electrons. The number of pyridine rings is 1. The fourth-order valence-electron chi connectivity index (χ4n) is 2.17. The highest BCUT2D eigenvalue weighted by molar-refractivity contribution is 5.89. The molecule has 0 fully saturated rings. The third-order valence-corrected chi connectivity index (χ3v) is 3.20. The monoisotopic (exact) mass is 292 g/mol. The van der Waals surface area contributed by atoms with E-state index in [1.807, 2.05) is 55.6 Å². The highest BCUT2D eigenvalue weighted by Crippen LogP contribution is 2.17. The van der Waals surface area contributed by atoms with Crippen LogP contribution in [0.25, 0.3) is 11.1 Å². The summed E-state index contributed by atoms with van der Waals surface area (Å²) in [6, 6.07) is 15.5. The van der Waals surface area contributed by atoms with E-state index in [1.165, 1.54) is 0 Å². The lowest BCUT2D eigenvalue weighted by Gasteiger charge is -2.05. The molecule has 0 aliphatic rings. The second-order valence-corrected chi connectivity index (χ2v) is 5.01. The number of nitrogens with one attached hydrogen (secondary N) is 1. The van der Waals surface area contributed by atoms with Crippen molar-refractivity contribution in [2.75, 3.05) is 5.32 Å². The maximum Gasteiger partial charge on any atom is 0.247 e. The standard InChI is InChI=1S/C17H16N4O/c1-13-6-5-9-16(19-13)20-17(22)12-21-11-15(10-18-21)14-7-3-2-4-8-14/h2-11H,12H2,1H3,(H,19,20,22). The Morgan fingerprint density at radius 2 is 1.91 bits per heavy atom. The molecule has 0 radical (unpaired) electrons. The summed E-state index contributed by atoms with van der Waals surface area (Å²) in [6.07, 6.45) is 3.62. The topological polar surface area (TPSA) is 59.8 Å². The van der Waals surface area contributed by atoms with E-state index in [1.54, 1.807) is 16.9 Å². The zero-order valence-corrected chi connectivity index (χ0v) is 12.2. The number of carbonyl (C=O) groups excluding carboxylic acids is 1. The third kappa shape index (κ3) is 3.38. The van der Waals surface area contributed by atoms with Crippen LogP contribution in [0.15, 0.2) is 60.9 Å². The molecule has 3 aromatic rings. The van der Waals surface area contributed by atoms with Gasteiger partial charge in [0, 0.05) is 17.5 Å². The van der Waals surface area contributed by atoms with E-state index in [2.05, 4.69) is 15.4 Å². The van der Waals surface area contributed by atoms with Crippen LogP contribution in [0.2, 0.25) is 0 Å². The number of nitrogens with zero attached hydrogens (tertiary/aromatic N) is 3. The van der Waals surface area contributed by atoms with E-state index in [-0.39, 0.29) is 12.5 Å². The molecule has 0 saturated carbocycles. The van der Waals surface area contributed by atoms with E-state index in [9.17, 15) is 4.79 Å². The summed E-state index contributed by atoms with van der Waals surface area (Å²) in [6.45, 7) is 2.04. The molecule has 3 rings (SSSR count). The first kappa shape index (κ1) is 14.0. The molecule has 0 unspecified atom stereocenters. The van der Waals surface area contributed by atoms with Gasteiger partial charge in [0.2, 0.25) is 5.91 Å². The van der Waals surface area contributed by atoms with Crippen molar-refractivity contribution in [3.05, 3.63) is 66.6 Å². The van der Waals surface area contributed by atoms with Crippen LogP contribution in [0.1, 0.15) is 5.69 Å². The van der Waals surface area contributed by atoms with E-state index in [4.69, 9.17) is 0 Å². The number of aromatic nitrogens is 3. The molecule has 0 saturated heterocycles. The van der Waals surface area contributed by atoms with Crippen LogP contribution >= 0.6 is 0 Å². The van der Waals surface area contributed by atoms with Crippen molar-refractivity contribution < 1.29 is 4.79 Å². The molecule has 0 spiro atoms. The van der Waals surface area contributed by atoms with Crippen molar-refractivity contribution in [1.29, 1.82) is 0 Å². The molecular formula is C17H16N4O. The largest absolute Gasteiger partial charge is 0.309 e. The Morgan fingerprint density at radius 3 is 2.68 bits per heavy atom. The molecule has 0 aliphatic carbocycles. The van der Waals surface area contributed by atoms with Crippen LogP contribution in [0.4, 0.5) is 5.82 Å². The maximum atomic E-state index is 12.0. The second kappa shape index (κ2) is 6.22. The molecule has 2 heterocycles. The van der Waals surface area contributed by atoms with Crippen molar-refractivity contribution in [2.45, 2.75) is 13.5 Å². The fourth-order valence-corrected chi connectivity index (χ4v) is 2.17. The van der Waals surface area contributed by atoms with Gasteiger partial charge in [-0.1, -0.05) is 36.4 Å². The van der Waals surface area contributed by atoms with Gasteiger partial charge < -0.3 is 5.32 Å². The van der Waals surface area contributed by atoms with Crippen molar-refractivity contribution in [1.82, 2.24) is 14.8 Å². The minimum Gasteiger partial charge on any atom is -0.309 e. The smallest absolute Gasteiger partial charge is 0.247 e. The summed E-state index contributed by atoms with van der Waals surface area (Å²) >= 11 is 0. The van der Waals surface area contributed by atoms with Gasteiger partial charge in [-0.2, -0.15) is 5.10 Å². The van der Waals surface area contributed by atoms with Crippen molar-refractivity contribution >= 4 is 11.7 Å². The van der Waals surface area contributed by atoms with Crippen LogP contribution in [0, 0.1) is 6.92 Å². The zero-order chi connectivity index (χ0) is 15.4. The molecule has 0 aliphatic heterocycles. The summed E-state index contributed by atoms with van der Waals surface area (Å²) in [4.78, 5) is 16.3. The van der Waals surface area contributed by atoms with Gasteiger partial charge in [-0.3, -0.25) is 9.48 Å². The van der Waals surface area contributed by atoms with Gasteiger partial charge in [0.1, 0.15) is 12.4 Å². The number of aryl methyl sites for hydroxylation is 1. The number of amides is 1. The maximum absolute atomic E-state index is 12.0. The first-order valence-corrected chi connectivity index (χ1v) is 7.02. The normalized spacial score (nSPS) is 10.4. The van der Waals surface area contributed by atoms with Gasteiger partial charge in [-0.25, -0.2) is 4.98 Å². The Bertz CT molecular complexity index is 780. The average Bonchev–Trinajstić information content (AvgIpc) is 2.96. The van der Waals surface area contributed by atoms with Gasteiger partial charge in [-0.15, -0.1) is 0 Å². The molecule has 5 heteroatoms.